The molecule has 0 fully saturated rings. The van der Waals surface area contributed by atoms with Gasteiger partial charge in [0.25, 0.3) is 0 Å². The summed E-state index contributed by atoms with van der Waals surface area (Å²) in [4.78, 5) is 2.16. The van der Waals surface area contributed by atoms with E-state index in [2.05, 4.69) is 115 Å². The second-order valence-corrected chi connectivity index (χ2v) is 15.6. The third-order valence-electron chi connectivity index (χ3n) is 9.79. The molecule has 0 saturated heterocycles. The predicted octanol–water partition coefficient (Wildman–Crippen LogP) is 5.86. The van der Waals surface area contributed by atoms with Crippen molar-refractivity contribution in [2.75, 3.05) is 29.9 Å². The zero-order valence-corrected chi connectivity index (χ0v) is 38.4. The molecular formula is C47H48N3NaO7S2. The molecule has 0 spiro atoms. The third-order valence-corrected chi connectivity index (χ3v) is 10.6. The van der Waals surface area contributed by atoms with Crippen LogP contribution in [0.4, 0.5) is 17.1 Å². The fraction of sp³-hybridized carbons (Fsp3) is 0.213. The molecule has 0 unspecified atom stereocenters. The Hall–Kier alpha value is -5.08. The van der Waals surface area contributed by atoms with Crippen LogP contribution in [0.2, 0.25) is 0 Å². The van der Waals surface area contributed by atoms with Crippen molar-refractivity contribution in [2.45, 2.75) is 52.6 Å². The van der Waals surface area contributed by atoms with Crippen molar-refractivity contribution in [3.8, 4) is 5.75 Å². The van der Waals surface area contributed by atoms with E-state index in [1.54, 1.807) is 6.07 Å². The first kappa shape index (κ1) is 47.6. The molecule has 1 aliphatic carbocycles. The van der Waals surface area contributed by atoms with Crippen LogP contribution in [0.1, 0.15) is 55.5 Å². The Morgan fingerprint density at radius 1 is 0.850 bits per heavy atom. The van der Waals surface area contributed by atoms with Crippen LogP contribution in [0.5, 0.6) is 5.75 Å². The normalized spacial score (nSPS) is 13.8. The summed E-state index contributed by atoms with van der Waals surface area (Å²) in [6.07, 6.45) is 6.50. The molecule has 5 aromatic rings. The average molecular weight is 854 g/mol. The summed E-state index contributed by atoms with van der Waals surface area (Å²) < 4.78 is 68.2. The van der Waals surface area contributed by atoms with Crippen LogP contribution in [0.15, 0.2) is 150 Å². The maximum Gasteiger partial charge on any atom is 1.00 e. The van der Waals surface area contributed by atoms with Gasteiger partial charge in [0.1, 0.15) is 22.4 Å². The molecule has 10 nitrogen and oxygen atoms in total. The van der Waals surface area contributed by atoms with Crippen molar-refractivity contribution in [1.82, 2.24) is 0 Å². The predicted molar refractivity (Wildman–Crippen MR) is 233 cm³/mol. The summed E-state index contributed by atoms with van der Waals surface area (Å²) in [5.74, 6) is 0.844. The summed E-state index contributed by atoms with van der Waals surface area (Å²) in [5.41, 5.74) is 12.9. The van der Waals surface area contributed by atoms with Gasteiger partial charge < -0.3 is 19.5 Å². The molecule has 13 heteroatoms. The minimum Gasteiger partial charge on any atom is -0.744 e. The van der Waals surface area contributed by atoms with E-state index in [0.717, 1.165) is 69.3 Å². The maximum absolute atomic E-state index is 11.7. The summed E-state index contributed by atoms with van der Waals surface area (Å²) in [6, 6.07) is 40.9. The fourth-order valence-electron chi connectivity index (χ4n) is 6.93. The molecular weight excluding hydrogens is 806 g/mol. The molecule has 0 radical (unpaired) electrons. The summed E-state index contributed by atoms with van der Waals surface area (Å²) in [5, 5.41) is 3.52. The van der Waals surface area contributed by atoms with E-state index in [9.17, 15) is 13.0 Å². The van der Waals surface area contributed by atoms with Gasteiger partial charge in [0.2, 0.25) is 0 Å². The quantitative estimate of drug-likeness (QED) is 0.0631. The van der Waals surface area contributed by atoms with Gasteiger partial charge in [-0.05, 0) is 141 Å². The van der Waals surface area contributed by atoms with E-state index in [1.807, 2.05) is 55.5 Å². The van der Waals surface area contributed by atoms with Crippen LogP contribution in [0.25, 0.3) is 5.57 Å². The largest absolute Gasteiger partial charge is 1.00 e. The molecule has 1 N–H and O–H groups in total. The molecule has 0 saturated carbocycles. The Morgan fingerprint density at radius 3 is 2.08 bits per heavy atom. The molecule has 1 aliphatic rings. The summed E-state index contributed by atoms with van der Waals surface area (Å²) in [7, 11) is -7.65. The molecule has 306 valence electrons. The number of hydrogen-bond acceptors (Lipinski definition) is 9. The van der Waals surface area contributed by atoms with Gasteiger partial charge in [-0.2, -0.15) is 30.3 Å². The number of hydrogen-bond donors (Lipinski definition) is 1. The Morgan fingerprint density at radius 2 is 1.52 bits per heavy atom. The molecule has 0 heterocycles. The zero-order chi connectivity index (χ0) is 42.5. The SMILES string of the molecule is CCOc1ccc(Nc2ccc(C(=C3C=CC(=[N+](CC)Cc4cccc(S(=O)(=O)[O-])c4)C=C3C)c3ccc(N(CC)Cc4c[c-]ccc4)cc3C)cc2)cc1.O=S(=O)=O.[Na+]. The number of rotatable bonds is 14. The summed E-state index contributed by atoms with van der Waals surface area (Å²) in [6.45, 7) is 14.0. The van der Waals surface area contributed by atoms with Gasteiger partial charge in [0, 0.05) is 41.3 Å². The van der Waals surface area contributed by atoms with Crippen molar-refractivity contribution in [1.29, 1.82) is 0 Å². The number of allylic oxidation sites excluding steroid dienone is 5. The number of nitrogens with one attached hydrogen (secondary N) is 1. The Bertz CT molecular complexity index is 2600. The van der Waals surface area contributed by atoms with Crippen LogP contribution < -0.4 is 44.5 Å². The Kier molecular flexibility index (Phi) is 17.8. The Labute approximate surface area is 377 Å². The van der Waals surface area contributed by atoms with Crippen LogP contribution in [-0.4, -0.2) is 55.6 Å². The number of aryl methyl sites for hydroxylation is 1. The summed E-state index contributed by atoms with van der Waals surface area (Å²) >= 11 is 0. The number of anilines is 3. The standard InChI is InChI=1S/C47H48N3O4S.Na.O3S/c1-6-49(32-36-13-10-9-11-14-36)41-23-27-45(34(4)29-41)47(38-17-19-39(20-18-38)48-40-21-25-43(26-22-40)54-8-3)46-28-24-42(30-35(46)5)50(7-2)33-37-15-12-16-44(31-37)55(51,52)53;;1-4(2)3/h9-10,12-31H,6-8,32-33H2,1-5H3,(H,51,52,53);;/q-1;+1;. The minimum atomic E-state index is -4.54. The zero-order valence-electron chi connectivity index (χ0n) is 34.8. The fourth-order valence-corrected chi connectivity index (χ4v) is 7.48. The topological polar surface area (TPSA) is 136 Å². The second kappa shape index (κ2) is 22.5. The number of nitrogens with zero attached hydrogens (tertiary/aromatic N) is 2. The van der Waals surface area contributed by atoms with E-state index in [4.69, 9.17) is 17.4 Å². The molecule has 0 aromatic heterocycles. The van der Waals surface area contributed by atoms with Crippen LogP contribution >= 0.6 is 0 Å². The first-order valence-corrected chi connectivity index (χ1v) is 21.7. The van der Waals surface area contributed by atoms with E-state index in [-0.39, 0.29) is 34.5 Å². The van der Waals surface area contributed by atoms with Gasteiger partial charge >= 0.3 is 40.2 Å². The third kappa shape index (κ3) is 13.2. The van der Waals surface area contributed by atoms with Crippen LogP contribution in [-0.2, 0) is 33.8 Å². The average Bonchev–Trinajstić information content (AvgIpc) is 3.21. The van der Waals surface area contributed by atoms with Gasteiger partial charge in [-0.15, -0.1) is 18.2 Å². The molecule has 5 aromatic carbocycles. The van der Waals surface area contributed by atoms with Crippen molar-refractivity contribution in [3.63, 3.8) is 0 Å². The van der Waals surface area contributed by atoms with Crippen molar-refractivity contribution >= 4 is 49.1 Å². The molecule has 6 rings (SSSR count). The van der Waals surface area contributed by atoms with E-state index < -0.39 is 20.7 Å². The van der Waals surface area contributed by atoms with E-state index >= 15 is 0 Å². The minimum absolute atomic E-state index is 0. The van der Waals surface area contributed by atoms with Gasteiger partial charge in [-0.3, -0.25) is 0 Å². The first-order valence-electron chi connectivity index (χ1n) is 19.2. The maximum atomic E-state index is 11.7. The van der Waals surface area contributed by atoms with E-state index in [0.29, 0.717) is 19.7 Å². The van der Waals surface area contributed by atoms with Crippen LogP contribution in [0.3, 0.4) is 0 Å². The number of ether oxygens (including phenoxy) is 1. The first-order chi connectivity index (χ1) is 28.3. The van der Waals surface area contributed by atoms with Crippen molar-refractivity contribution < 1.29 is 64.5 Å². The molecule has 0 aliphatic heterocycles. The molecule has 0 atom stereocenters. The van der Waals surface area contributed by atoms with Crippen molar-refractivity contribution in [3.05, 3.63) is 179 Å². The Balaban J connectivity index is 0.00000152. The second-order valence-electron chi connectivity index (χ2n) is 13.8. The van der Waals surface area contributed by atoms with Gasteiger partial charge in [0.15, 0.2) is 12.3 Å². The smallest absolute Gasteiger partial charge is 0.744 e. The van der Waals surface area contributed by atoms with E-state index in [1.165, 1.54) is 28.9 Å². The van der Waals surface area contributed by atoms with Gasteiger partial charge in [-0.25, -0.2) is 13.0 Å². The molecule has 60 heavy (non-hydrogen) atoms. The monoisotopic (exact) mass is 853 g/mol. The molecule has 0 amide bonds. The molecule has 0 bridgehead atoms. The van der Waals surface area contributed by atoms with Gasteiger partial charge in [0.05, 0.1) is 11.5 Å². The van der Waals surface area contributed by atoms with Crippen LogP contribution in [0, 0.1) is 13.0 Å². The van der Waals surface area contributed by atoms with Gasteiger partial charge in [-0.1, -0.05) is 30.3 Å². The van der Waals surface area contributed by atoms with Crippen molar-refractivity contribution in [2.24, 2.45) is 0 Å². The number of benzene rings is 5.